The molecule has 3 nitrogen and oxygen atoms in total. The first-order valence-corrected chi connectivity index (χ1v) is 5.10. The fourth-order valence-corrected chi connectivity index (χ4v) is 2.05. The minimum atomic E-state index is 0.0197. The molecule has 0 N–H and O–H groups in total. The molecule has 1 unspecified atom stereocenters. The summed E-state index contributed by atoms with van der Waals surface area (Å²) in [6.45, 7) is 0.933. The molecular formula is C12H15NO2. The van der Waals surface area contributed by atoms with E-state index >= 15 is 0 Å². The predicted molar refractivity (Wildman–Crippen MR) is 59.7 cm³/mol. The number of carbonyl (C=O) groups is 1. The summed E-state index contributed by atoms with van der Waals surface area (Å²) in [5.74, 6) is 0.835. The molecule has 1 aromatic rings. The first-order chi connectivity index (χ1) is 7.26. The van der Waals surface area contributed by atoms with E-state index in [0.29, 0.717) is 0 Å². The van der Waals surface area contributed by atoms with Gasteiger partial charge in [-0.3, -0.25) is 0 Å². The normalized spacial score (nSPS) is 19.6. The monoisotopic (exact) mass is 205 g/mol. The van der Waals surface area contributed by atoms with Crippen molar-refractivity contribution in [1.82, 2.24) is 0 Å². The number of benzene rings is 1. The summed E-state index contributed by atoms with van der Waals surface area (Å²) < 4.78 is 5.17. The maximum atomic E-state index is 11.0. The quantitative estimate of drug-likeness (QED) is 0.690. The van der Waals surface area contributed by atoms with Gasteiger partial charge in [0.25, 0.3) is 0 Å². The molecule has 15 heavy (non-hydrogen) atoms. The van der Waals surface area contributed by atoms with Crippen molar-refractivity contribution in [3.05, 3.63) is 23.8 Å². The van der Waals surface area contributed by atoms with Crippen molar-refractivity contribution in [3.8, 4) is 5.75 Å². The molecule has 0 saturated carbocycles. The molecule has 2 rings (SSSR count). The molecule has 1 heterocycles. The third-order valence-corrected chi connectivity index (χ3v) is 2.99. The molecule has 1 atom stereocenters. The van der Waals surface area contributed by atoms with Gasteiger partial charge in [0, 0.05) is 25.2 Å². The molecule has 0 bridgehead atoms. The summed E-state index contributed by atoms with van der Waals surface area (Å²) in [4.78, 5) is 13.1. The number of nitrogens with zero attached hydrogens (tertiary/aromatic N) is 1. The average molecular weight is 205 g/mol. The van der Waals surface area contributed by atoms with Crippen molar-refractivity contribution < 1.29 is 9.53 Å². The third-order valence-electron chi connectivity index (χ3n) is 2.99. The van der Waals surface area contributed by atoms with E-state index in [1.165, 1.54) is 0 Å². The molecular weight excluding hydrogens is 190 g/mol. The Morgan fingerprint density at radius 3 is 3.00 bits per heavy atom. The first kappa shape index (κ1) is 10.0. The van der Waals surface area contributed by atoms with Gasteiger partial charge in [-0.15, -0.1) is 0 Å². The Morgan fingerprint density at radius 1 is 1.53 bits per heavy atom. The molecule has 1 aliphatic rings. The number of anilines is 1. The fourth-order valence-electron chi connectivity index (χ4n) is 2.05. The molecule has 0 aromatic heterocycles. The Balaban J connectivity index is 2.47. The first-order valence-electron chi connectivity index (χ1n) is 5.10. The molecule has 0 aliphatic carbocycles. The smallest absolute Gasteiger partial charge is 0.127 e. The van der Waals surface area contributed by atoms with Gasteiger partial charge >= 0.3 is 0 Å². The van der Waals surface area contributed by atoms with Crippen molar-refractivity contribution in [2.24, 2.45) is 0 Å². The van der Waals surface area contributed by atoms with E-state index in [9.17, 15) is 4.79 Å². The van der Waals surface area contributed by atoms with E-state index in [1.54, 1.807) is 7.11 Å². The van der Waals surface area contributed by atoms with Crippen molar-refractivity contribution in [2.45, 2.75) is 12.3 Å². The van der Waals surface area contributed by atoms with E-state index in [1.807, 2.05) is 25.2 Å². The summed E-state index contributed by atoms with van der Waals surface area (Å²) in [7, 11) is 3.69. The summed E-state index contributed by atoms with van der Waals surface area (Å²) in [6.07, 6.45) is 1.92. The van der Waals surface area contributed by atoms with Gasteiger partial charge in [-0.2, -0.15) is 0 Å². The summed E-state index contributed by atoms with van der Waals surface area (Å²) in [6, 6.07) is 5.91. The van der Waals surface area contributed by atoms with Crippen LogP contribution in [0.15, 0.2) is 18.2 Å². The number of rotatable bonds is 2. The lowest BCUT2D eigenvalue weighted by atomic mass is 9.91. The minimum absolute atomic E-state index is 0.0197. The number of methoxy groups -OCH3 is 1. The zero-order valence-corrected chi connectivity index (χ0v) is 9.06. The van der Waals surface area contributed by atoms with Crippen LogP contribution in [0.1, 0.15) is 17.9 Å². The number of hydrogen-bond donors (Lipinski definition) is 0. The molecule has 80 valence electrons. The molecule has 1 aromatic carbocycles. The predicted octanol–water partition coefficient (Wildman–Crippen LogP) is 1.82. The number of hydrogen-bond acceptors (Lipinski definition) is 3. The van der Waals surface area contributed by atoms with Gasteiger partial charge in [0.05, 0.1) is 7.11 Å². The fraction of sp³-hybridized carbons (Fsp3) is 0.417. The lowest BCUT2D eigenvalue weighted by Crippen LogP contribution is -2.27. The van der Waals surface area contributed by atoms with Gasteiger partial charge in [-0.1, -0.05) is 0 Å². The molecule has 1 aliphatic heterocycles. The van der Waals surface area contributed by atoms with E-state index in [2.05, 4.69) is 4.90 Å². The number of carbonyl (C=O) groups excluding carboxylic acids is 1. The maximum Gasteiger partial charge on any atom is 0.127 e. The number of ether oxygens (including phenoxy) is 1. The number of fused-ring (bicyclic) bond motifs is 1. The second-order valence-corrected chi connectivity index (χ2v) is 3.88. The van der Waals surface area contributed by atoms with Gasteiger partial charge in [0.15, 0.2) is 0 Å². The van der Waals surface area contributed by atoms with Crippen molar-refractivity contribution >= 4 is 12.0 Å². The van der Waals surface area contributed by atoms with Crippen molar-refractivity contribution in [3.63, 3.8) is 0 Å². The summed E-state index contributed by atoms with van der Waals surface area (Å²) >= 11 is 0. The Bertz CT molecular complexity index is 376. The van der Waals surface area contributed by atoms with Crippen LogP contribution in [-0.2, 0) is 4.79 Å². The largest absolute Gasteiger partial charge is 0.497 e. The Hall–Kier alpha value is -1.51. The lowest BCUT2D eigenvalue weighted by Gasteiger charge is -2.31. The van der Waals surface area contributed by atoms with Crippen molar-refractivity contribution in [1.29, 1.82) is 0 Å². The second-order valence-electron chi connectivity index (χ2n) is 3.88. The van der Waals surface area contributed by atoms with Crippen molar-refractivity contribution in [2.75, 3.05) is 25.6 Å². The standard InChI is InChI=1S/C12H15NO2/c1-13-6-5-9(8-14)11-7-10(15-2)3-4-12(11)13/h3-4,7-9H,5-6H2,1-2H3. The van der Waals surface area contributed by atoms with Crippen LogP contribution in [-0.4, -0.2) is 27.0 Å². The van der Waals surface area contributed by atoms with Crippen LogP contribution in [0.2, 0.25) is 0 Å². The lowest BCUT2D eigenvalue weighted by molar-refractivity contribution is -0.109. The molecule has 0 radical (unpaired) electrons. The summed E-state index contributed by atoms with van der Waals surface area (Å²) in [5, 5.41) is 0. The average Bonchev–Trinajstić information content (AvgIpc) is 2.29. The van der Waals surface area contributed by atoms with E-state index in [4.69, 9.17) is 4.74 Å². The van der Waals surface area contributed by atoms with Gasteiger partial charge in [0.2, 0.25) is 0 Å². The second kappa shape index (κ2) is 3.93. The van der Waals surface area contributed by atoms with Crippen LogP contribution >= 0.6 is 0 Å². The van der Waals surface area contributed by atoms with E-state index in [-0.39, 0.29) is 5.92 Å². The van der Waals surface area contributed by atoms with E-state index in [0.717, 1.165) is 36.3 Å². The molecule has 0 fully saturated rings. The molecule has 0 amide bonds. The molecule has 0 spiro atoms. The molecule has 0 saturated heterocycles. The zero-order valence-electron chi connectivity index (χ0n) is 9.06. The maximum absolute atomic E-state index is 11.0. The Morgan fingerprint density at radius 2 is 2.33 bits per heavy atom. The van der Waals surface area contributed by atoms with Crippen LogP contribution in [0, 0.1) is 0 Å². The van der Waals surface area contributed by atoms with E-state index < -0.39 is 0 Å². The SMILES string of the molecule is COc1ccc2c(c1)C(C=O)CCN2C. The van der Waals surface area contributed by atoms with Gasteiger partial charge in [-0.25, -0.2) is 0 Å². The van der Waals surface area contributed by atoms with Gasteiger partial charge in [0.1, 0.15) is 12.0 Å². The van der Waals surface area contributed by atoms with Crippen LogP contribution in [0.5, 0.6) is 5.75 Å². The van der Waals surface area contributed by atoms with Crippen LogP contribution in [0.4, 0.5) is 5.69 Å². The highest BCUT2D eigenvalue weighted by Crippen LogP contribution is 2.35. The van der Waals surface area contributed by atoms with Gasteiger partial charge in [-0.05, 0) is 30.2 Å². The minimum Gasteiger partial charge on any atom is -0.497 e. The highest BCUT2D eigenvalue weighted by molar-refractivity contribution is 5.71. The Labute approximate surface area is 89.7 Å². The van der Waals surface area contributed by atoms with Crippen LogP contribution in [0.3, 0.4) is 0 Å². The Kier molecular flexibility index (Phi) is 2.62. The van der Waals surface area contributed by atoms with Crippen LogP contribution in [0.25, 0.3) is 0 Å². The van der Waals surface area contributed by atoms with Crippen LogP contribution < -0.4 is 9.64 Å². The summed E-state index contributed by atoms with van der Waals surface area (Å²) in [5.41, 5.74) is 2.22. The molecule has 3 heteroatoms. The zero-order chi connectivity index (χ0) is 10.8. The highest BCUT2D eigenvalue weighted by Gasteiger charge is 2.22. The topological polar surface area (TPSA) is 29.5 Å². The third kappa shape index (κ3) is 1.69. The van der Waals surface area contributed by atoms with Gasteiger partial charge < -0.3 is 14.4 Å². The highest BCUT2D eigenvalue weighted by atomic mass is 16.5. The number of aldehydes is 1.